The van der Waals surface area contributed by atoms with Gasteiger partial charge in [-0.1, -0.05) is 30.8 Å². The third-order valence-electron chi connectivity index (χ3n) is 3.53. The third kappa shape index (κ3) is 3.24. The van der Waals surface area contributed by atoms with Crippen LogP contribution in [-0.4, -0.2) is 26.9 Å². The van der Waals surface area contributed by atoms with Crippen LogP contribution in [0.4, 0.5) is 11.6 Å². The van der Waals surface area contributed by atoms with Crippen molar-refractivity contribution in [3.05, 3.63) is 29.3 Å². The molecule has 1 aromatic heterocycles. The zero-order chi connectivity index (χ0) is 16.3. The minimum Gasteiger partial charge on any atom is -0.368 e. The Bertz CT molecular complexity index is 683. The van der Waals surface area contributed by atoms with Crippen LogP contribution < -0.4 is 11.1 Å². The summed E-state index contributed by atoms with van der Waals surface area (Å²) in [6, 6.07) is 5.54. The van der Waals surface area contributed by atoms with Gasteiger partial charge in [0.25, 0.3) is 0 Å². The maximum atomic E-state index is 12.7. The molecule has 0 fully saturated rings. The van der Waals surface area contributed by atoms with Crippen LogP contribution in [0.2, 0.25) is 0 Å². The molecule has 7 heteroatoms. The number of carbonyl (C=O) groups excluding carboxylic acids is 1. The van der Waals surface area contributed by atoms with Crippen molar-refractivity contribution < 1.29 is 4.79 Å². The molecule has 6 nitrogen and oxygen atoms in total. The first-order chi connectivity index (χ1) is 10.5. The van der Waals surface area contributed by atoms with Crippen LogP contribution in [0.5, 0.6) is 0 Å². The first-order valence-electron chi connectivity index (χ1n) is 7.10. The maximum Gasteiger partial charge on any atom is 0.247 e. The van der Waals surface area contributed by atoms with E-state index in [1.165, 1.54) is 11.8 Å². The number of carbonyl (C=O) groups is 1. The maximum absolute atomic E-state index is 12.7. The van der Waals surface area contributed by atoms with E-state index in [1.807, 2.05) is 45.2 Å². The lowest BCUT2D eigenvalue weighted by molar-refractivity contribution is -0.119. The fourth-order valence-corrected chi connectivity index (χ4v) is 2.83. The monoisotopic (exact) mass is 319 g/mol. The topological polar surface area (TPSA) is 85.8 Å². The summed E-state index contributed by atoms with van der Waals surface area (Å²) in [5.41, 5.74) is 8.82. The van der Waals surface area contributed by atoms with Gasteiger partial charge in [-0.15, -0.1) is 10.2 Å². The summed E-state index contributed by atoms with van der Waals surface area (Å²) in [5, 5.41) is 11.5. The molecule has 0 radical (unpaired) electrons. The number of rotatable bonds is 5. The van der Waals surface area contributed by atoms with Crippen molar-refractivity contribution in [3.8, 4) is 0 Å². The second kappa shape index (κ2) is 6.83. The lowest BCUT2D eigenvalue weighted by Gasteiger charge is -2.19. The van der Waals surface area contributed by atoms with Gasteiger partial charge >= 0.3 is 0 Å². The van der Waals surface area contributed by atoms with E-state index in [-0.39, 0.29) is 11.9 Å². The molecular formula is C15H21N5OS. The zero-order valence-electron chi connectivity index (χ0n) is 13.3. The second-order valence-corrected chi connectivity index (χ2v) is 5.92. The number of amides is 1. The Morgan fingerprint density at radius 3 is 2.77 bits per heavy atom. The number of nitrogens with zero attached hydrogens (tertiary/aromatic N) is 3. The molecular weight excluding hydrogens is 298 g/mol. The van der Waals surface area contributed by atoms with Crippen molar-refractivity contribution >= 4 is 29.3 Å². The predicted molar refractivity (Wildman–Crippen MR) is 90.1 cm³/mol. The van der Waals surface area contributed by atoms with Crippen LogP contribution in [0.1, 0.15) is 30.5 Å². The van der Waals surface area contributed by atoms with Crippen molar-refractivity contribution in [3.63, 3.8) is 0 Å². The Morgan fingerprint density at radius 1 is 1.41 bits per heavy atom. The summed E-state index contributed by atoms with van der Waals surface area (Å²) in [4.78, 5) is 12.7. The van der Waals surface area contributed by atoms with E-state index in [9.17, 15) is 4.79 Å². The van der Waals surface area contributed by atoms with Gasteiger partial charge in [-0.3, -0.25) is 9.36 Å². The molecule has 0 aliphatic carbocycles. The number of aromatic nitrogens is 3. The molecule has 3 N–H and O–H groups in total. The van der Waals surface area contributed by atoms with E-state index in [2.05, 4.69) is 15.5 Å². The fraction of sp³-hybridized carbons (Fsp3) is 0.400. The van der Waals surface area contributed by atoms with Crippen LogP contribution in [0.15, 0.2) is 23.4 Å². The Balaban J connectivity index is 2.29. The average molecular weight is 319 g/mol. The smallest absolute Gasteiger partial charge is 0.247 e. The number of aryl methyl sites for hydroxylation is 2. The van der Waals surface area contributed by atoms with Crippen LogP contribution >= 0.6 is 11.8 Å². The minimum absolute atomic E-state index is 0.113. The number of thioether (sulfide) groups is 1. The SMILES string of the molecule is CC[C@@H](C(=O)Nc1cc(C)ccc1C)n1c(N)nnc1SC. The molecule has 1 heterocycles. The van der Waals surface area contributed by atoms with E-state index >= 15 is 0 Å². The summed E-state index contributed by atoms with van der Waals surface area (Å²) in [7, 11) is 0. The molecule has 0 saturated heterocycles. The highest BCUT2D eigenvalue weighted by atomic mass is 32.2. The number of anilines is 2. The molecule has 0 aliphatic rings. The lowest BCUT2D eigenvalue weighted by Crippen LogP contribution is -2.27. The molecule has 2 rings (SSSR count). The third-order valence-corrected chi connectivity index (χ3v) is 4.17. The first kappa shape index (κ1) is 16.4. The minimum atomic E-state index is -0.433. The predicted octanol–water partition coefficient (Wildman–Crippen LogP) is 2.79. The van der Waals surface area contributed by atoms with Crippen molar-refractivity contribution in [2.24, 2.45) is 0 Å². The van der Waals surface area contributed by atoms with Crippen LogP contribution in [-0.2, 0) is 4.79 Å². The van der Waals surface area contributed by atoms with Crippen LogP contribution in [0, 0.1) is 13.8 Å². The van der Waals surface area contributed by atoms with Crippen molar-refractivity contribution in [2.45, 2.75) is 38.4 Å². The Labute approximate surface area is 134 Å². The number of nitrogens with one attached hydrogen (secondary N) is 1. The van der Waals surface area contributed by atoms with Gasteiger partial charge in [-0.2, -0.15) is 0 Å². The highest BCUT2D eigenvalue weighted by Crippen LogP contribution is 2.25. The Kier molecular flexibility index (Phi) is 5.07. The van der Waals surface area contributed by atoms with Crippen LogP contribution in [0.3, 0.4) is 0 Å². The van der Waals surface area contributed by atoms with E-state index in [0.29, 0.717) is 11.6 Å². The van der Waals surface area contributed by atoms with Gasteiger partial charge < -0.3 is 11.1 Å². The average Bonchev–Trinajstić information content (AvgIpc) is 2.85. The summed E-state index contributed by atoms with van der Waals surface area (Å²) >= 11 is 1.42. The number of nitrogens with two attached hydrogens (primary N) is 1. The van der Waals surface area contributed by atoms with Crippen molar-refractivity contribution in [1.82, 2.24) is 14.8 Å². The molecule has 1 amide bonds. The highest BCUT2D eigenvalue weighted by molar-refractivity contribution is 7.98. The zero-order valence-corrected chi connectivity index (χ0v) is 14.1. The van der Waals surface area contributed by atoms with Gasteiger partial charge in [0, 0.05) is 5.69 Å². The second-order valence-electron chi connectivity index (χ2n) is 5.15. The molecule has 0 unspecified atom stereocenters. The van der Waals surface area contributed by atoms with Gasteiger partial charge in [0.15, 0.2) is 5.16 Å². The van der Waals surface area contributed by atoms with Gasteiger partial charge in [0.2, 0.25) is 11.9 Å². The molecule has 1 atom stereocenters. The van der Waals surface area contributed by atoms with E-state index in [0.717, 1.165) is 16.8 Å². The highest BCUT2D eigenvalue weighted by Gasteiger charge is 2.24. The molecule has 1 aromatic carbocycles. The summed E-state index contributed by atoms with van der Waals surface area (Å²) < 4.78 is 1.69. The van der Waals surface area contributed by atoms with Gasteiger partial charge in [-0.05, 0) is 43.7 Å². The van der Waals surface area contributed by atoms with Crippen LogP contribution in [0.25, 0.3) is 0 Å². The summed E-state index contributed by atoms with van der Waals surface area (Å²) in [5.74, 6) is 0.144. The molecule has 0 saturated carbocycles. The van der Waals surface area contributed by atoms with E-state index < -0.39 is 6.04 Å². The van der Waals surface area contributed by atoms with Crippen molar-refractivity contribution in [1.29, 1.82) is 0 Å². The molecule has 0 bridgehead atoms. The summed E-state index contributed by atoms with van der Waals surface area (Å²) in [6.07, 6.45) is 2.49. The number of hydrogen-bond donors (Lipinski definition) is 2. The number of nitrogen functional groups attached to an aromatic ring is 1. The fourth-order valence-electron chi connectivity index (χ4n) is 2.29. The lowest BCUT2D eigenvalue weighted by atomic mass is 10.1. The summed E-state index contributed by atoms with van der Waals surface area (Å²) in [6.45, 7) is 5.91. The Hall–Kier alpha value is -2.02. The molecule has 0 spiro atoms. The Morgan fingerprint density at radius 2 is 2.14 bits per heavy atom. The standard InChI is InChI=1S/C15H21N5OS/c1-5-12(20-14(16)18-19-15(20)22-4)13(21)17-11-8-9(2)6-7-10(11)3/h6-8,12H,5H2,1-4H3,(H2,16,18)(H,17,21)/t12-/m0/s1. The van der Waals surface area contributed by atoms with Gasteiger partial charge in [0.05, 0.1) is 0 Å². The first-order valence-corrected chi connectivity index (χ1v) is 8.32. The van der Waals surface area contributed by atoms with E-state index in [1.54, 1.807) is 4.57 Å². The quantitative estimate of drug-likeness (QED) is 0.828. The normalized spacial score (nSPS) is 12.2. The van der Waals surface area contributed by atoms with Crippen molar-refractivity contribution in [2.75, 3.05) is 17.3 Å². The molecule has 118 valence electrons. The number of benzene rings is 1. The van der Waals surface area contributed by atoms with E-state index in [4.69, 9.17) is 5.73 Å². The largest absolute Gasteiger partial charge is 0.368 e. The molecule has 22 heavy (non-hydrogen) atoms. The van der Waals surface area contributed by atoms with Gasteiger partial charge in [0.1, 0.15) is 6.04 Å². The number of hydrogen-bond acceptors (Lipinski definition) is 5. The molecule has 2 aromatic rings. The van der Waals surface area contributed by atoms with Gasteiger partial charge in [-0.25, -0.2) is 0 Å². The molecule has 0 aliphatic heterocycles.